The fourth-order valence-electron chi connectivity index (χ4n) is 2.27. The lowest BCUT2D eigenvalue weighted by molar-refractivity contribution is -0.386. The Kier molecular flexibility index (Phi) is 4.32. The molecule has 0 aliphatic heterocycles. The van der Waals surface area contributed by atoms with E-state index in [4.69, 9.17) is 0 Å². The molecular formula is C14H11NO7S. The lowest BCUT2D eigenvalue weighted by Gasteiger charge is -2.13. The number of rotatable bonds is 5. The van der Waals surface area contributed by atoms with Gasteiger partial charge in [0.2, 0.25) is 11.5 Å². The number of carboxylic acids is 1. The van der Waals surface area contributed by atoms with Gasteiger partial charge >= 0.3 is 11.7 Å². The van der Waals surface area contributed by atoms with Crippen molar-refractivity contribution in [2.45, 2.75) is 13.3 Å². The number of nitro benzene ring substituents is 1. The molecule has 23 heavy (non-hydrogen) atoms. The number of carbonyl (C=O) groups is 2. The predicted molar refractivity (Wildman–Crippen MR) is 80.5 cm³/mol. The Labute approximate surface area is 133 Å². The molecule has 0 aliphatic carbocycles. The molecule has 120 valence electrons. The van der Waals surface area contributed by atoms with Crippen LogP contribution in [0.25, 0.3) is 0 Å². The molecule has 0 atom stereocenters. The molecule has 1 aromatic carbocycles. The maximum atomic E-state index is 12.5. The van der Waals surface area contributed by atoms with Gasteiger partial charge in [-0.3, -0.25) is 14.9 Å². The van der Waals surface area contributed by atoms with E-state index in [1.54, 1.807) is 5.38 Å². The summed E-state index contributed by atoms with van der Waals surface area (Å²) in [4.78, 5) is 34.3. The Morgan fingerprint density at radius 2 is 1.91 bits per heavy atom. The second-order valence-electron chi connectivity index (χ2n) is 4.50. The fraction of sp³-hybridized carbons (Fsp3) is 0.143. The van der Waals surface area contributed by atoms with E-state index in [2.05, 4.69) is 0 Å². The largest absolute Gasteiger partial charge is 0.504 e. The molecule has 0 saturated heterocycles. The lowest BCUT2D eigenvalue weighted by Crippen LogP contribution is -2.15. The monoisotopic (exact) mass is 337 g/mol. The molecule has 0 aliphatic rings. The van der Waals surface area contributed by atoms with E-state index < -0.39 is 45.0 Å². The third kappa shape index (κ3) is 2.61. The second kappa shape index (κ2) is 6.05. The van der Waals surface area contributed by atoms with Crippen LogP contribution >= 0.6 is 11.3 Å². The quantitative estimate of drug-likeness (QED) is 0.330. The molecule has 8 nitrogen and oxygen atoms in total. The van der Waals surface area contributed by atoms with Gasteiger partial charge in [-0.25, -0.2) is 4.79 Å². The van der Waals surface area contributed by atoms with Gasteiger partial charge in [-0.1, -0.05) is 13.0 Å². The number of phenolic OH excluding ortho intramolecular Hbond substituents is 2. The van der Waals surface area contributed by atoms with Gasteiger partial charge in [-0.2, -0.15) is 0 Å². The summed E-state index contributed by atoms with van der Waals surface area (Å²) in [6.07, 6.45) is -0.0380. The van der Waals surface area contributed by atoms with Crippen molar-refractivity contribution < 1.29 is 29.8 Å². The van der Waals surface area contributed by atoms with Crippen LogP contribution in [0.3, 0.4) is 0 Å². The van der Waals surface area contributed by atoms with Crippen LogP contribution in [0.5, 0.6) is 11.5 Å². The van der Waals surface area contributed by atoms with Gasteiger partial charge in [0, 0.05) is 5.56 Å². The van der Waals surface area contributed by atoms with Crippen molar-refractivity contribution in [2.75, 3.05) is 0 Å². The van der Waals surface area contributed by atoms with E-state index in [0.717, 1.165) is 11.3 Å². The number of thiophene rings is 1. The lowest BCUT2D eigenvalue weighted by atomic mass is 9.92. The molecule has 3 N–H and O–H groups in total. The third-order valence-electron chi connectivity index (χ3n) is 3.25. The average Bonchev–Trinajstić information content (AvgIpc) is 3.01. The number of benzene rings is 1. The molecule has 0 bridgehead atoms. The fourth-order valence-corrected chi connectivity index (χ4v) is 2.94. The number of hydrogen-bond donors (Lipinski definition) is 3. The minimum absolute atomic E-state index is 0.0380. The van der Waals surface area contributed by atoms with Crippen molar-refractivity contribution in [2.24, 2.45) is 0 Å². The zero-order valence-electron chi connectivity index (χ0n) is 11.8. The zero-order chi connectivity index (χ0) is 17.3. The molecule has 2 aromatic rings. The SMILES string of the molecule is CCc1c(O)c(O)c([N+](=O)[O-])c(C(=O)c2cccs2)c1C(=O)O. The maximum Gasteiger partial charge on any atom is 0.337 e. The first-order valence-electron chi connectivity index (χ1n) is 6.37. The number of phenols is 2. The van der Waals surface area contributed by atoms with E-state index in [1.807, 2.05) is 0 Å². The Bertz CT molecular complexity index is 811. The van der Waals surface area contributed by atoms with Crippen molar-refractivity contribution >= 4 is 28.8 Å². The predicted octanol–water partition coefficient (Wildman–Crippen LogP) is 2.56. The minimum Gasteiger partial charge on any atom is -0.504 e. The molecule has 0 amide bonds. The summed E-state index contributed by atoms with van der Waals surface area (Å²) in [7, 11) is 0. The number of hydrogen-bond acceptors (Lipinski definition) is 7. The standard InChI is InChI=1S/C14H11NO7S/c1-2-6-8(14(19)20)9(12(17)7-4-3-5-23-7)10(15(21)22)13(18)11(6)16/h3-5,16,18H,2H2,1H3,(H,19,20). The van der Waals surface area contributed by atoms with Gasteiger partial charge in [0.05, 0.1) is 15.4 Å². The molecule has 1 heterocycles. The summed E-state index contributed by atoms with van der Waals surface area (Å²) >= 11 is 0.981. The molecular weight excluding hydrogens is 326 g/mol. The first-order chi connectivity index (χ1) is 10.8. The highest BCUT2D eigenvalue weighted by atomic mass is 32.1. The van der Waals surface area contributed by atoms with Crippen molar-refractivity contribution in [3.05, 3.63) is 49.2 Å². The van der Waals surface area contributed by atoms with Crippen molar-refractivity contribution in [1.29, 1.82) is 0 Å². The van der Waals surface area contributed by atoms with Crippen LogP contribution in [0, 0.1) is 10.1 Å². The van der Waals surface area contributed by atoms with Gasteiger partial charge in [-0.05, 0) is 17.9 Å². The van der Waals surface area contributed by atoms with Gasteiger partial charge < -0.3 is 15.3 Å². The Balaban J connectivity index is 2.96. The first kappa shape index (κ1) is 16.4. The van der Waals surface area contributed by atoms with E-state index in [9.17, 15) is 35.0 Å². The summed E-state index contributed by atoms with van der Waals surface area (Å²) in [6.45, 7) is 1.49. The molecule has 0 fully saturated rings. The molecule has 2 rings (SSSR count). The van der Waals surface area contributed by atoms with Crippen LogP contribution in [0.15, 0.2) is 17.5 Å². The Morgan fingerprint density at radius 3 is 2.35 bits per heavy atom. The zero-order valence-corrected chi connectivity index (χ0v) is 12.6. The van der Waals surface area contributed by atoms with E-state index >= 15 is 0 Å². The normalized spacial score (nSPS) is 10.5. The summed E-state index contributed by atoms with van der Waals surface area (Å²) in [5.74, 6) is -4.51. The van der Waals surface area contributed by atoms with Crippen LogP contribution in [-0.2, 0) is 6.42 Å². The molecule has 0 radical (unpaired) electrons. The van der Waals surface area contributed by atoms with E-state index in [1.165, 1.54) is 19.1 Å². The van der Waals surface area contributed by atoms with Crippen LogP contribution in [0.4, 0.5) is 5.69 Å². The minimum atomic E-state index is -1.60. The van der Waals surface area contributed by atoms with Crippen LogP contribution in [-0.4, -0.2) is 32.0 Å². The topological polar surface area (TPSA) is 138 Å². The number of nitrogens with zero attached hydrogens (tertiary/aromatic N) is 1. The molecule has 0 spiro atoms. The van der Waals surface area contributed by atoms with Crippen molar-refractivity contribution in [3.63, 3.8) is 0 Å². The number of nitro groups is 1. The number of aromatic hydroxyl groups is 2. The van der Waals surface area contributed by atoms with Crippen LogP contribution < -0.4 is 0 Å². The average molecular weight is 337 g/mol. The summed E-state index contributed by atoms with van der Waals surface area (Å²) in [6, 6.07) is 2.92. The molecule has 0 unspecified atom stereocenters. The number of carboxylic acid groups (broad SMARTS) is 1. The summed E-state index contributed by atoms with van der Waals surface area (Å²) < 4.78 is 0. The van der Waals surface area contributed by atoms with Crippen LogP contribution in [0.2, 0.25) is 0 Å². The molecule has 1 aromatic heterocycles. The van der Waals surface area contributed by atoms with Crippen molar-refractivity contribution in [1.82, 2.24) is 0 Å². The van der Waals surface area contributed by atoms with Gasteiger partial charge in [-0.15, -0.1) is 11.3 Å². The Hall–Kier alpha value is -2.94. The van der Waals surface area contributed by atoms with E-state index in [0.29, 0.717) is 0 Å². The van der Waals surface area contributed by atoms with Gasteiger partial charge in [0.1, 0.15) is 5.56 Å². The first-order valence-corrected chi connectivity index (χ1v) is 7.25. The second-order valence-corrected chi connectivity index (χ2v) is 5.44. The Morgan fingerprint density at radius 1 is 1.26 bits per heavy atom. The number of ketones is 1. The maximum absolute atomic E-state index is 12.5. The molecule has 0 saturated carbocycles. The highest BCUT2D eigenvalue weighted by molar-refractivity contribution is 7.12. The van der Waals surface area contributed by atoms with Gasteiger partial charge in [0.25, 0.3) is 0 Å². The smallest absolute Gasteiger partial charge is 0.337 e. The number of carbonyl (C=O) groups excluding carboxylic acids is 1. The number of aromatic carboxylic acids is 1. The summed E-state index contributed by atoms with van der Waals surface area (Å²) in [5.41, 5.74) is -2.76. The highest BCUT2D eigenvalue weighted by Gasteiger charge is 2.37. The van der Waals surface area contributed by atoms with Gasteiger partial charge in [0.15, 0.2) is 5.75 Å². The van der Waals surface area contributed by atoms with Crippen LogP contribution in [0.1, 0.15) is 38.1 Å². The molecule has 9 heteroatoms. The third-order valence-corrected chi connectivity index (χ3v) is 4.11. The van der Waals surface area contributed by atoms with E-state index in [-0.39, 0.29) is 16.9 Å². The highest BCUT2D eigenvalue weighted by Crippen LogP contribution is 2.44. The van der Waals surface area contributed by atoms with Crippen molar-refractivity contribution in [3.8, 4) is 11.5 Å². The summed E-state index contributed by atoms with van der Waals surface area (Å²) in [5, 5.41) is 41.9.